The van der Waals surface area contributed by atoms with Gasteiger partial charge in [0.15, 0.2) is 0 Å². The van der Waals surface area contributed by atoms with Crippen LogP contribution in [0.5, 0.6) is 11.5 Å². The fraction of sp³-hybridized carbons (Fsp3) is 0.333. The highest BCUT2D eigenvalue weighted by Crippen LogP contribution is 2.38. The second-order valence-electron chi connectivity index (χ2n) is 6.30. The lowest BCUT2D eigenvalue weighted by atomic mass is 10.1. The number of halogens is 1. The third-order valence-corrected chi connectivity index (χ3v) is 4.91. The molecule has 0 saturated carbocycles. The van der Waals surface area contributed by atoms with E-state index in [1.165, 1.54) is 0 Å². The van der Waals surface area contributed by atoms with Crippen molar-refractivity contribution in [2.75, 3.05) is 32.2 Å². The highest BCUT2D eigenvalue weighted by molar-refractivity contribution is 6.32. The number of rotatable bonds is 4. The summed E-state index contributed by atoms with van der Waals surface area (Å²) >= 11 is 6.28. The maximum atomic E-state index is 6.28. The quantitative estimate of drug-likeness (QED) is 0.757. The number of aromatic nitrogens is 3. The second-order valence-corrected chi connectivity index (χ2v) is 6.71. The summed E-state index contributed by atoms with van der Waals surface area (Å²) in [6.07, 6.45) is 4.84. The van der Waals surface area contributed by atoms with E-state index in [1.54, 1.807) is 26.4 Å². The molecule has 1 fully saturated rings. The van der Waals surface area contributed by atoms with Crippen molar-refractivity contribution in [2.45, 2.75) is 12.5 Å². The first kappa shape index (κ1) is 16.9. The van der Waals surface area contributed by atoms with Crippen molar-refractivity contribution in [3.63, 3.8) is 0 Å². The van der Waals surface area contributed by atoms with Crippen molar-refractivity contribution in [3.05, 3.63) is 35.6 Å². The molecule has 3 aromatic rings. The van der Waals surface area contributed by atoms with Gasteiger partial charge in [0.25, 0.3) is 0 Å². The summed E-state index contributed by atoms with van der Waals surface area (Å²) in [6.45, 7) is 1.73. The Kier molecular flexibility index (Phi) is 4.34. The molecule has 4 rings (SSSR count). The maximum Gasteiger partial charge on any atom is 0.236 e. The number of fused-ring (bicyclic) bond motifs is 1. The molecule has 1 saturated heterocycles. The Morgan fingerprint density at radius 2 is 2.00 bits per heavy atom. The molecule has 8 heteroatoms. The van der Waals surface area contributed by atoms with E-state index in [1.807, 2.05) is 22.9 Å². The summed E-state index contributed by atoms with van der Waals surface area (Å²) in [7, 11) is 3.18. The number of benzene rings is 1. The third-order valence-electron chi connectivity index (χ3n) is 4.61. The van der Waals surface area contributed by atoms with Crippen LogP contribution in [0.25, 0.3) is 17.0 Å². The van der Waals surface area contributed by atoms with Crippen molar-refractivity contribution in [2.24, 2.45) is 5.73 Å². The Labute approximate surface area is 156 Å². The first-order valence-electron chi connectivity index (χ1n) is 8.37. The molecule has 0 bridgehead atoms. The van der Waals surface area contributed by atoms with Gasteiger partial charge in [0.1, 0.15) is 17.3 Å². The van der Waals surface area contributed by atoms with Crippen LogP contribution in [0.15, 0.2) is 30.6 Å². The lowest BCUT2D eigenvalue weighted by Crippen LogP contribution is -2.26. The topological polar surface area (TPSA) is 77.9 Å². The highest BCUT2D eigenvalue weighted by atomic mass is 35.5. The monoisotopic (exact) mass is 373 g/mol. The van der Waals surface area contributed by atoms with Crippen molar-refractivity contribution in [1.29, 1.82) is 0 Å². The molecule has 0 amide bonds. The maximum absolute atomic E-state index is 6.28. The zero-order valence-corrected chi connectivity index (χ0v) is 15.4. The predicted molar refractivity (Wildman–Crippen MR) is 101 cm³/mol. The molecule has 1 aliphatic heterocycles. The fourth-order valence-electron chi connectivity index (χ4n) is 3.22. The fourth-order valence-corrected chi connectivity index (χ4v) is 3.47. The third kappa shape index (κ3) is 2.93. The van der Waals surface area contributed by atoms with Gasteiger partial charge in [0.2, 0.25) is 5.78 Å². The molecule has 1 atom stereocenters. The number of hydrogen-bond donors (Lipinski definition) is 1. The Morgan fingerprint density at radius 1 is 1.19 bits per heavy atom. The molecule has 2 N–H and O–H groups in total. The molecule has 0 spiro atoms. The minimum atomic E-state index is 0.203. The van der Waals surface area contributed by atoms with Gasteiger partial charge in [-0.15, -0.1) is 0 Å². The number of anilines is 1. The molecule has 26 heavy (non-hydrogen) atoms. The van der Waals surface area contributed by atoms with E-state index in [0.29, 0.717) is 22.3 Å². The van der Waals surface area contributed by atoms with Gasteiger partial charge >= 0.3 is 0 Å². The molecule has 3 heterocycles. The van der Waals surface area contributed by atoms with E-state index in [2.05, 4.69) is 14.9 Å². The molecule has 2 aromatic heterocycles. The zero-order chi connectivity index (χ0) is 18.3. The Balaban J connectivity index is 1.75. The van der Waals surface area contributed by atoms with Crippen LogP contribution in [-0.4, -0.2) is 47.7 Å². The minimum absolute atomic E-state index is 0.203. The number of nitrogens with two attached hydrogens (primary N) is 1. The Bertz CT molecular complexity index is 958. The number of imidazole rings is 1. The van der Waals surface area contributed by atoms with Crippen LogP contribution in [0.2, 0.25) is 5.02 Å². The van der Waals surface area contributed by atoms with Gasteiger partial charge in [0, 0.05) is 43.2 Å². The number of hydrogen-bond acceptors (Lipinski definition) is 6. The van der Waals surface area contributed by atoms with Crippen molar-refractivity contribution in [3.8, 4) is 22.8 Å². The van der Waals surface area contributed by atoms with Gasteiger partial charge in [0.05, 0.1) is 24.9 Å². The minimum Gasteiger partial charge on any atom is -0.496 e. The van der Waals surface area contributed by atoms with Crippen LogP contribution in [-0.2, 0) is 0 Å². The number of ether oxygens (including phenoxy) is 2. The van der Waals surface area contributed by atoms with Crippen LogP contribution in [0.3, 0.4) is 0 Å². The van der Waals surface area contributed by atoms with E-state index >= 15 is 0 Å². The average Bonchev–Trinajstić information content (AvgIpc) is 3.26. The summed E-state index contributed by atoms with van der Waals surface area (Å²) < 4.78 is 12.6. The normalized spacial score (nSPS) is 17.1. The Morgan fingerprint density at radius 3 is 2.69 bits per heavy atom. The van der Waals surface area contributed by atoms with Crippen LogP contribution < -0.4 is 20.1 Å². The molecule has 1 aliphatic rings. The predicted octanol–water partition coefficient (Wildman–Crippen LogP) is 2.60. The standard InChI is InChI=1S/C18H20ClN5O2/c1-25-15-8-16(26-2)13(19)7-12(15)14-10-24-6-4-17(22-18(24)21-14)23-5-3-11(20)9-23/h4,6-8,10-11H,3,5,9,20H2,1-2H3/t11-/m1/s1. The second kappa shape index (κ2) is 6.66. The Hall–Kier alpha value is -2.51. The lowest BCUT2D eigenvalue weighted by Gasteiger charge is -2.16. The van der Waals surface area contributed by atoms with Gasteiger partial charge in [-0.1, -0.05) is 11.6 Å². The van der Waals surface area contributed by atoms with E-state index in [9.17, 15) is 0 Å². The van der Waals surface area contributed by atoms with Gasteiger partial charge in [-0.2, -0.15) is 4.98 Å². The smallest absolute Gasteiger partial charge is 0.236 e. The number of methoxy groups -OCH3 is 2. The van der Waals surface area contributed by atoms with Crippen LogP contribution in [0.1, 0.15) is 6.42 Å². The largest absolute Gasteiger partial charge is 0.496 e. The zero-order valence-electron chi connectivity index (χ0n) is 14.6. The highest BCUT2D eigenvalue weighted by Gasteiger charge is 2.21. The van der Waals surface area contributed by atoms with Gasteiger partial charge in [-0.25, -0.2) is 4.98 Å². The molecular formula is C18H20ClN5O2. The molecule has 1 aromatic carbocycles. The summed E-state index contributed by atoms with van der Waals surface area (Å²) in [5, 5.41) is 0.500. The average molecular weight is 374 g/mol. The molecule has 0 aliphatic carbocycles. The molecule has 0 radical (unpaired) electrons. The van der Waals surface area contributed by atoms with Gasteiger partial charge in [-0.05, 0) is 18.6 Å². The van der Waals surface area contributed by atoms with Gasteiger partial charge < -0.3 is 20.1 Å². The first-order valence-corrected chi connectivity index (χ1v) is 8.75. The van der Waals surface area contributed by atoms with E-state index in [0.717, 1.165) is 36.6 Å². The van der Waals surface area contributed by atoms with Crippen LogP contribution in [0, 0.1) is 0 Å². The molecule has 136 valence electrons. The van der Waals surface area contributed by atoms with Crippen LogP contribution in [0.4, 0.5) is 5.82 Å². The first-order chi connectivity index (χ1) is 12.6. The van der Waals surface area contributed by atoms with Crippen molar-refractivity contribution >= 4 is 23.2 Å². The summed E-state index contributed by atoms with van der Waals surface area (Å²) in [4.78, 5) is 11.5. The molecular weight excluding hydrogens is 354 g/mol. The van der Waals surface area contributed by atoms with E-state index in [-0.39, 0.29) is 6.04 Å². The van der Waals surface area contributed by atoms with Gasteiger partial charge in [-0.3, -0.25) is 4.40 Å². The summed E-state index contributed by atoms with van der Waals surface area (Å²) in [6, 6.07) is 5.73. The van der Waals surface area contributed by atoms with Crippen molar-refractivity contribution < 1.29 is 9.47 Å². The van der Waals surface area contributed by atoms with Crippen molar-refractivity contribution in [1.82, 2.24) is 14.4 Å². The summed E-state index contributed by atoms with van der Waals surface area (Å²) in [5.74, 6) is 2.71. The SMILES string of the molecule is COc1cc(OC)c(-c2cn3ccc(N4CC[C@@H](N)C4)nc3n2)cc1Cl. The lowest BCUT2D eigenvalue weighted by molar-refractivity contribution is 0.395. The summed E-state index contributed by atoms with van der Waals surface area (Å²) in [5.41, 5.74) is 7.51. The van der Waals surface area contributed by atoms with E-state index in [4.69, 9.17) is 26.8 Å². The van der Waals surface area contributed by atoms with Crippen LogP contribution >= 0.6 is 11.6 Å². The van der Waals surface area contributed by atoms with E-state index < -0.39 is 0 Å². The molecule has 0 unspecified atom stereocenters. The molecule has 7 nitrogen and oxygen atoms in total. The number of nitrogens with zero attached hydrogens (tertiary/aromatic N) is 4.